The molecule has 0 aliphatic carbocycles. The molecular weight excluding hydrogens is 204 g/mol. The Morgan fingerprint density at radius 3 is 2.13 bits per heavy atom. The van der Waals surface area contributed by atoms with Gasteiger partial charge in [0.05, 0.1) is 0 Å². The maximum atomic E-state index is 11.3. The van der Waals surface area contributed by atoms with E-state index >= 15 is 0 Å². The molecule has 2 aromatic rings. The third-order valence-electron chi connectivity index (χ3n) is 2.23. The van der Waals surface area contributed by atoms with Gasteiger partial charge in [-0.15, -0.1) is 0 Å². The van der Waals surface area contributed by atoms with E-state index in [1.54, 1.807) is 6.07 Å². The molecule has 0 aliphatic heterocycles. The van der Waals surface area contributed by atoms with Crippen molar-refractivity contribution < 1.29 is 4.79 Å². The summed E-state index contributed by atoms with van der Waals surface area (Å²) in [6, 6.07) is 17.2. The maximum absolute atomic E-state index is 11.3. The summed E-state index contributed by atoms with van der Waals surface area (Å²) >= 11 is 4.69. The summed E-state index contributed by atoms with van der Waals surface area (Å²) in [6.07, 6.45) is 0. The normalized spacial score (nSPS) is 9.87. The quantitative estimate of drug-likeness (QED) is 0.743. The summed E-state index contributed by atoms with van der Waals surface area (Å²) in [5, 5.41) is -0.311. The zero-order chi connectivity index (χ0) is 10.7. The molecule has 0 spiro atoms. The van der Waals surface area contributed by atoms with Crippen LogP contribution in [0.5, 0.6) is 0 Å². The SMILES string of the molecule is O=C([S])c1ccccc1-c1ccccc1. The van der Waals surface area contributed by atoms with Gasteiger partial charge in [0.25, 0.3) is 0 Å². The van der Waals surface area contributed by atoms with Crippen LogP contribution in [0, 0.1) is 0 Å². The van der Waals surface area contributed by atoms with Gasteiger partial charge in [0.1, 0.15) is 0 Å². The molecule has 0 saturated carbocycles. The van der Waals surface area contributed by atoms with E-state index < -0.39 is 0 Å². The van der Waals surface area contributed by atoms with Crippen LogP contribution in [0.2, 0.25) is 0 Å². The highest BCUT2D eigenvalue weighted by molar-refractivity contribution is 7.97. The average molecular weight is 213 g/mol. The number of benzene rings is 2. The fourth-order valence-electron chi connectivity index (χ4n) is 1.53. The molecule has 73 valence electrons. The second-order valence-electron chi connectivity index (χ2n) is 3.20. The van der Waals surface area contributed by atoms with E-state index in [0.717, 1.165) is 11.1 Å². The monoisotopic (exact) mass is 213 g/mol. The number of carbonyl (C=O) groups excluding carboxylic acids is 1. The van der Waals surface area contributed by atoms with Gasteiger partial charge in [0.2, 0.25) is 5.12 Å². The van der Waals surface area contributed by atoms with Crippen LogP contribution in [0.25, 0.3) is 11.1 Å². The predicted molar refractivity (Wildman–Crippen MR) is 63.8 cm³/mol. The minimum Gasteiger partial charge on any atom is -0.276 e. The summed E-state index contributed by atoms with van der Waals surface area (Å²) in [7, 11) is 0. The second-order valence-corrected chi connectivity index (χ2v) is 3.57. The van der Waals surface area contributed by atoms with Crippen molar-refractivity contribution >= 4 is 17.7 Å². The van der Waals surface area contributed by atoms with Crippen LogP contribution in [0.15, 0.2) is 54.6 Å². The topological polar surface area (TPSA) is 17.1 Å². The predicted octanol–water partition coefficient (Wildman–Crippen LogP) is 3.69. The van der Waals surface area contributed by atoms with Crippen molar-refractivity contribution in [3.05, 3.63) is 60.2 Å². The Labute approximate surface area is 94.2 Å². The summed E-state index contributed by atoms with van der Waals surface area (Å²) < 4.78 is 0. The smallest absolute Gasteiger partial charge is 0.250 e. The lowest BCUT2D eigenvalue weighted by molar-refractivity contribution is 0.109. The van der Waals surface area contributed by atoms with Gasteiger partial charge in [-0.05, 0) is 29.8 Å². The highest BCUT2D eigenvalue weighted by atomic mass is 32.1. The van der Waals surface area contributed by atoms with Gasteiger partial charge < -0.3 is 0 Å². The van der Waals surface area contributed by atoms with Gasteiger partial charge >= 0.3 is 0 Å². The van der Waals surface area contributed by atoms with Crippen molar-refractivity contribution in [1.82, 2.24) is 0 Å². The second kappa shape index (κ2) is 4.24. The van der Waals surface area contributed by atoms with Crippen LogP contribution < -0.4 is 0 Å². The van der Waals surface area contributed by atoms with Crippen LogP contribution in [-0.4, -0.2) is 5.12 Å². The van der Waals surface area contributed by atoms with Crippen LogP contribution in [-0.2, 0) is 0 Å². The Morgan fingerprint density at radius 1 is 0.867 bits per heavy atom. The standard InChI is InChI=1S/C13H9OS/c14-13(15)12-9-5-4-8-11(12)10-6-2-1-3-7-10/h1-9H. The van der Waals surface area contributed by atoms with Gasteiger partial charge in [-0.2, -0.15) is 0 Å². The van der Waals surface area contributed by atoms with Gasteiger partial charge in [-0.3, -0.25) is 4.79 Å². The molecule has 1 radical (unpaired) electrons. The van der Waals surface area contributed by atoms with E-state index in [2.05, 4.69) is 0 Å². The van der Waals surface area contributed by atoms with Crippen molar-refractivity contribution in [2.75, 3.05) is 0 Å². The van der Waals surface area contributed by atoms with Crippen molar-refractivity contribution in [3.8, 4) is 11.1 Å². The summed E-state index contributed by atoms with van der Waals surface area (Å²) in [4.78, 5) is 11.3. The molecule has 2 heteroatoms. The van der Waals surface area contributed by atoms with Crippen molar-refractivity contribution in [2.24, 2.45) is 0 Å². The van der Waals surface area contributed by atoms with Crippen LogP contribution in [0.1, 0.15) is 10.4 Å². The molecule has 2 aromatic carbocycles. The summed E-state index contributed by atoms with van der Waals surface area (Å²) in [5.41, 5.74) is 2.52. The van der Waals surface area contributed by atoms with Crippen LogP contribution in [0.4, 0.5) is 0 Å². The Hall–Kier alpha value is -1.67. The van der Waals surface area contributed by atoms with Crippen LogP contribution in [0.3, 0.4) is 0 Å². The molecule has 0 atom stereocenters. The first kappa shape index (κ1) is 9.87. The molecule has 0 bridgehead atoms. The first-order valence-corrected chi connectivity index (χ1v) is 5.05. The number of hydrogen-bond acceptors (Lipinski definition) is 1. The first-order valence-electron chi connectivity index (χ1n) is 4.65. The third kappa shape index (κ3) is 2.05. The molecule has 0 unspecified atom stereocenters. The lowest BCUT2D eigenvalue weighted by Gasteiger charge is -2.05. The van der Waals surface area contributed by atoms with E-state index in [1.807, 2.05) is 48.5 Å². The van der Waals surface area contributed by atoms with E-state index in [0.29, 0.717) is 5.56 Å². The molecule has 0 saturated heterocycles. The summed E-state index contributed by atoms with van der Waals surface area (Å²) in [6.45, 7) is 0. The maximum Gasteiger partial charge on any atom is 0.250 e. The lowest BCUT2D eigenvalue weighted by atomic mass is 10.0. The number of carbonyl (C=O) groups is 1. The lowest BCUT2D eigenvalue weighted by Crippen LogP contribution is -1.92. The summed E-state index contributed by atoms with van der Waals surface area (Å²) in [5.74, 6) is 0. The van der Waals surface area contributed by atoms with E-state index in [9.17, 15) is 4.79 Å². The Morgan fingerprint density at radius 2 is 1.47 bits per heavy atom. The highest BCUT2D eigenvalue weighted by Crippen LogP contribution is 2.24. The van der Waals surface area contributed by atoms with Gasteiger partial charge in [0.15, 0.2) is 0 Å². The molecule has 0 fully saturated rings. The zero-order valence-electron chi connectivity index (χ0n) is 8.01. The number of rotatable bonds is 2. The zero-order valence-corrected chi connectivity index (χ0v) is 8.83. The first-order chi connectivity index (χ1) is 7.29. The molecule has 0 heterocycles. The van der Waals surface area contributed by atoms with Crippen molar-refractivity contribution in [2.45, 2.75) is 0 Å². The largest absolute Gasteiger partial charge is 0.276 e. The Balaban J connectivity index is 2.58. The van der Waals surface area contributed by atoms with Gasteiger partial charge in [0, 0.05) is 5.56 Å². The van der Waals surface area contributed by atoms with Gasteiger partial charge in [-0.25, -0.2) is 0 Å². The molecule has 0 aromatic heterocycles. The third-order valence-corrected chi connectivity index (χ3v) is 2.45. The fraction of sp³-hybridized carbons (Fsp3) is 0. The minimum atomic E-state index is -0.311. The van der Waals surface area contributed by atoms with Gasteiger partial charge in [-0.1, -0.05) is 48.5 Å². The Bertz CT molecular complexity index is 477. The molecule has 15 heavy (non-hydrogen) atoms. The average Bonchev–Trinajstić information content (AvgIpc) is 2.30. The fourth-order valence-corrected chi connectivity index (χ4v) is 1.71. The van der Waals surface area contributed by atoms with E-state index in [4.69, 9.17) is 12.6 Å². The molecule has 2 rings (SSSR count). The van der Waals surface area contributed by atoms with Crippen LogP contribution >= 0.6 is 12.6 Å². The minimum absolute atomic E-state index is 0.311. The Kier molecular flexibility index (Phi) is 2.79. The molecule has 1 nitrogen and oxygen atoms in total. The van der Waals surface area contributed by atoms with E-state index in [1.165, 1.54) is 0 Å². The van der Waals surface area contributed by atoms with E-state index in [-0.39, 0.29) is 5.12 Å². The molecular formula is C13H9OS. The highest BCUT2D eigenvalue weighted by Gasteiger charge is 2.08. The van der Waals surface area contributed by atoms with Crippen molar-refractivity contribution in [1.29, 1.82) is 0 Å². The number of hydrogen-bond donors (Lipinski definition) is 0. The molecule has 0 aliphatic rings. The molecule has 0 amide bonds. The molecule has 0 N–H and O–H groups in total. The van der Waals surface area contributed by atoms with Crippen molar-refractivity contribution in [3.63, 3.8) is 0 Å².